The van der Waals surface area contributed by atoms with Crippen molar-refractivity contribution in [3.63, 3.8) is 0 Å². The van der Waals surface area contributed by atoms with Gasteiger partial charge in [-0.3, -0.25) is 0 Å². The van der Waals surface area contributed by atoms with E-state index in [1.165, 1.54) is 36.0 Å². The molecule has 0 spiro atoms. The fourth-order valence-electron chi connectivity index (χ4n) is 2.89. The van der Waals surface area contributed by atoms with Crippen molar-refractivity contribution in [3.05, 3.63) is 34.9 Å². The summed E-state index contributed by atoms with van der Waals surface area (Å²) in [4.78, 5) is 0. The van der Waals surface area contributed by atoms with Gasteiger partial charge in [-0.05, 0) is 49.4 Å². The predicted octanol–water partition coefficient (Wildman–Crippen LogP) is 2.86. The van der Waals surface area contributed by atoms with E-state index < -0.39 is 0 Å². The molecule has 1 aliphatic rings. The van der Waals surface area contributed by atoms with E-state index >= 15 is 0 Å². The van der Waals surface area contributed by atoms with Gasteiger partial charge in [0.1, 0.15) is 0 Å². The Morgan fingerprint density at radius 2 is 2.06 bits per heavy atom. The summed E-state index contributed by atoms with van der Waals surface area (Å²) in [6.07, 6.45) is 5.08. The fourth-order valence-corrected chi connectivity index (χ4v) is 2.89. The second-order valence-electron chi connectivity index (χ2n) is 4.83. The highest BCUT2D eigenvalue weighted by Gasteiger charge is 2.21. The number of nitrogens with one attached hydrogen (secondary N) is 1. The van der Waals surface area contributed by atoms with Gasteiger partial charge in [0, 0.05) is 7.11 Å². The van der Waals surface area contributed by atoms with Gasteiger partial charge in [-0.2, -0.15) is 0 Å². The third kappa shape index (κ3) is 2.53. The van der Waals surface area contributed by atoms with E-state index in [0.717, 1.165) is 6.42 Å². The molecular formula is C15H23NO. The molecule has 2 heteroatoms. The van der Waals surface area contributed by atoms with E-state index in [2.05, 4.69) is 30.4 Å². The zero-order valence-electron chi connectivity index (χ0n) is 11.1. The maximum atomic E-state index is 5.56. The third-order valence-corrected chi connectivity index (χ3v) is 3.87. The number of methoxy groups -OCH3 is 1. The fraction of sp³-hybridized carbons (Fsp3) is 0.600. The van der Waals surface area contributed by atoms with E-state index in [1.54, 1.807) is 7.11 Å². The summed E-state index contributed by atoms with van der Waals surface area (Å²) in [5, 5.41) is 3.39. The van der Waals surface area contributed by atoms with Crippen molar-refractivity contribution in [1.82, 2.24) is 5.32 Å². The molecule has 0 amide bonds. The molecule has 17 heavy (non-hydrogen) atoms. The normalized spacial score (nSPS) is 17.8. The summed E-state index contributed by atoms with van der Waals surface area (Å²) in [5.74, 6) is 0. The zero-order valence-corrected chi connectivity index (χ0v) is 11.1. The van der Waals surface area contributed by atoms with Crippen LogP contribution in [0.15, 0.2) is 18.2 Å². The highest BCUT2D eigenvalue weighted by atomic mass is 16.5. The lowest BCUT2D eigenvalue weighted by Crippen LogP contribution is -2.30. The van der Waals surface area contributed by atoms with Crippen LogP contribution >= 0.6 is 0 Å². The van der Waals surface area contributed by atoms with Crippen LogP contribution in [0.4, 0.5) is 0 Å². The van der Waals surface area contributed by atoms with Crippen LogP contribution in [-0.4, -0.2) is 20.3 Å². The predicted molar refractivity (Wildman–Crippen MR) is 71.4 cm³/mol. The van der Waals surface area contributed by atoms with E-state index in [-0.39, 0.29) is 6.10 Å². The van der Waals surface area contributed by atoms with Gasteiger partial charge in [-0.15, -0.1) is 0 Å². The van der Waals surface area contributed by atoms with Gasteiger partial charge in [-0.25, -0.2) is 0 Å². The molecule has 0 bridgehead atoms. The molecule has 1 N–H and O–H groups in total. The Labute approximate surface area is 104 Å². The number of hydrogen-bond donors (Lipinski definition) is 1. The summed E-state index contributed by atoms with van der Waals surface area (Å²) in [6, 6.07) is 7.22. The lowest BCUT2D eigenvalue weighted by molar-refractivity contribution is 0.0675. The Morgan fingerprint density at radius 1 is 1.29 bits per heavy atom. The molecule has 0 aliphatic heterocycles. The smallest absolute Gasteiger partial charge is 0.0763 e. The lowest BCUT2D eigenvalue weighted by atomic mass is 9.96. The first-order valence-corrected chi connectivity index (χ1v) is 6.62. The van der Waals surface area contributed by atoms with Gasteiger partial charge in [0.2, 0.25) is 0 Å². The van der Waals surface area contributed by atoms with Gasteiger partial charge >= 0.3 is 0 Å². The highest BCUT2D eigenvalue weighted by Crippen LogP contribution is 2.27. The monoisotopic (exact) mass is 233 g/mol. The van der Waals surface area contributed by atoms with Crippen LogP contribution < -0.4 is 5.32 Å². The van der Waals surface area contributed by atoms with Gasteiger partial charge < -0.3 is 10.1 Å². The van der Waals surface area contributed by atoms with Crippen LogP contribution in [0.1, 0.15) is 42.5 Å². The van der Waals surface area contributed by atoms with Gasteiger partial charge in [0.05, 0.1) is 12.1 Å². The van der Waals surface area contributed by atoms with Crippen LogP contribution in [0, 0.1) is 0 Å². The van der Waals surface area contributed by atoms with Crippen molar-refractivity contribution in [2.45, 2.75) is 44.8 Å². The molecule has 0 radical (unpaired) electrons. The molecule has 94 valence electrons. The summed E-state index contributed by atoms with van der Waals surface area (Å²) >= 11 is 0. The number of ether oxygens (including phenoxy) is 1. The minimum atomic E-state index is 0.249. The summed E-state index contributed by atoms with van der Waals surface area (Å²) in [5.41, 5.74) is 4.43. The molecule has 2 atom stereocenters. The van der Waals surface area contributed by atoms with E-state index in [4.69, 9.17) is 4.74 Å². The lowest BCUT2D eigenvalue weighted by Gasteiger charge is -2.25. The van der Waals surface area contributed by atoms with Crippen LogP contribution in [0.2, 0.25) is 0 Å². The van der Waals surface area contributed by atoms with Gasteiger partial charge in [-0.1, -0.05) is 25.1 Å². The average molecular weight is 233 g/mol. The molecule has 0 heterocycles. The average Bonchev–Trinajstić information content (AvgIpc) is 2.82. The molecule has 1 aliphatic carbocycles. The minimum absolute atomic E-state index is 0.249. The SMILES string of the molecule is CCC(OC)C(NC)c1ccc2c(c1)CCC2. The molecule has 0 fully saturated rings. The Balaban J connectivity index is 2.25. The second-order valence-corrected chi connectivity index (χ2v) is 4.83. The van der Waals surface area contributed by atoms with Crippen LogP contribution in [-0.2, 0) is 17.6 Å². The van der Waals surface area contributed by atoms with Crippen molar-refractivity contribution in [1.29, 1.82) is 0 Å². The summed E-state index contributed by atoms with van der Waals surface area (Å²) in [7, 11) is 3.81. The molecule has 1 aromatic carbocycles. The Hall–Kier alpha value is -0.860. The highest BCUT2D eigenvalue weighted by molar-refractivity contribution is 5.36. The Kier molecular flexibility index (Phi) is 4.19. The number of rotatable bonds is 5. The third-order valence-electron chi connectivity index (χ3n) is 3.87. The molecule has 2 rings (SSSR count). The first kappa shape index (κ1) is 12.6. The maximum absolute atomic E-state index is 5.56. The molecule has 0 saturated heterocycles. The number of benzene rings is 1. The number of fused-ring (bicyclic) bond motifs is 1. The molecule has 2 unspecified atom stereocenters. The molecule has 2 nitrogen and oxygen atoms in total. The largest absolute Gasteiger partial charge is 0.379 e. The summed E-state index contributed by atoms with van der Waals surface area (Å²) < 4.78 is 5.56. The standard InChI is InChI=1S/C15H23NO/c1-4-14(17-3)15(16-2)13-9-8-11-6-5-7-12(11)10-13/h8-10,14-16H,4-7H2,1-3H3. The summed E-state index contributed by atoms with van der Waals surface area (Å²) in [6.45, 7) is 2.17. The van der Waals surface area contributed by atoms with Crippen molar-refractivity contribution in [2.75, 3.05) is 14.2 Å². The maximum Gasteiger partial charge on any atom is 0.0763 e. The van der Waals surface area contributed by atoms with Crippen molar-refractivity contribution in [3.8, 4) is 0 Å². The quantitative estimate of drug-likeness (QED) is 0.844. The number of hydrogen-bond acceptors (Lipinski definition) is 2. The first-order valence-electron chi connectivity index (χ1n) is 6.62. The first-order chi connectivity index (χ1) is 8.30. The van der Waals surface area contributed by atoms with Gasteiger partial charge in [0.25, 0.3) is 0 Å². The Bertz CT molecular complexity index is 371. The van der Waals surface area contributed by atoms with Crippen molar-refractivity contribution in [2.24, 2.45) is 0 Å². The topological polar surface area (TPSA) is 21.3 Å². The molecular weight excluding hydrogens is 210 g/mol. The minimum Gasteiger partial charge on any atom is -0.379 e. The second kappa shape index (κ2) is 5.65. The van der Waals surface area contributed by atoms with E-state index in [1.807, 2.05) is 7.05 Å². The molecule has 0 saturated carbocycles. The zero-order chi connectivity index (χ0) is 12.3. The number of aryl methyl sites for hydroxylation is 2. The molecule has 1 aromatic rings. The number of likely N-dealkylation sites (N-methyl/N-ethyl adjacent to an activating group) is 1. The van der Waals surface area contributed by atoms with Crippen LogP contribution in [0.25, 0.3) is 0 Å². The van der Waals surface area contributed by atoms with Crippen molar-refractivity contribution < 1.29 is 4.74 Å². The molecule has 0 aromatic heterocycles. The van der Waals surface area contributed by atoms with E-state index in [0.29, 0.717) is 6.04 Å². The Morgan fingerprint density at radius 3 is 2.71 bits per heavy atom. The van der Waals surface area contributed by atoms with Crippen LogP contribution in [0.5, 0.6) is 0 Å². The van der Waals surface area contributed by atoms with E-state index in [9.17, 15) is 0 Å². The van der Waals surface area contributed by atoms with Gasteiger partial charge in [0.15, 0.2) is 0 Å². The van der Waals surface area contributed by atoms with Crippen molar-refractivity contribution >= 4 is 0 Å². The van der Waals surface area contributed by atoms with Crippen LogP contribution in [0.3, 0.4) is 0 Å².